The van der Waals surface area contributed by atoms with Crippen molar-refractivity contribution in [2.75, 3.05) is 10.6 Å². The Balaban J connectivity index is 1.64. The summed E-state index contributed by atoms with van der Waals surface area (Å²) < 4.78 is 32.2. The molecule has 0 bridgehead atoms. The molecule has 2 N–H and O–H groups in total. The minimum atomic E-state index is -4.13. The predicted molar refractivity (Wildman–Crippen MR) is 150 cm³/mol. The second kappa shape index (κ2) is 11.4. The van der Waals surface area contributed by atoms with Crippen molar-refractivity contribution in [1.82, 2.24) is 5.16 Å². The van der Waals surface area contributed by atoms with E-state index in [1.54, 1.807) is 13.0 Å². The molecule has 1 amide bonds. The largest absolute Gasteiger partial charge is 0.337 e. The van der Waals surface area contributed by atoms with Crippen molar-refractivity contribution in [1.29, 1.82) is 0 Å². The number of nitrogens with one attached hydrogen (secondary N) is 2. The lowest BCUT2D eigenvalue weighted by atomic mass is 9.82. The number of anilines is 2. The summed E-state index contributed by atoms with van der Waals surface area (Å²) in [5, 5.41) is 9.61. The van der Waals surface area contributed by atoms with E-state index < -0.39 is 21.1 Å². The van der Waals surface area contributed by atoms with Crippen LogP contribution in [0.25, 0.3) is 0 Å². The smallest absolute Gasteiger partial charge is 0.267 e. The van der Waals surface area contributed by atoms with Crippen molar-refractivity contribution in [3.63, 3.8) is 0 Å². The lowest BCUT2D eigenvalue weighted by molar-refractivity contribution is 0.0890. The maximum atomic E-state index is 13.5. The fourth-order valence-corrected chi connectivity index (χ4v) is 7.59. The number of halogens is 1. The molecule has 2 heterocycles. The predicted octanol–water partition coefficient (Wildman–Crippen LogP) is 6.73. The highest BCUT2D eigenvalue weighted by Gasteiger charge is 2.33. The molecular weight excluding hydrogens is 546 g/mol. The SMILES string of the molecule is C=CC(Nc1onc(C)c1Cl)S(=O)(=O)c1ccsc1C(=O)Nc1cc(C)cc(C)c1C(=O)C1CCCCC1. The van der Waals surface area contributed by atoms with Crippen molar-refractivity contribution in [2.24, 2.45) is 5.92 Å². The van der Waals surface area contributed by atoms with Crippen LogP contribution in [0.4, 0.5) is 11.6 Å². The molecule has 1 aromatic carbocycles. The van der Waals surface area contributed by atoms with Gasteiger partial charge in [-0.15, -0.1) is 11.3 Å². The minimum Gasteiger partial charge on any atom is -0.337 e. The lowest BCUT2D eigenvalue weighted by Crippen LogP contribution is -2.29. The zero-order valence-electron chi connectivity index (χ0n) is 21.5. The zero-order chi connectivity index (χ0) is 27.6. The molecule has 0 radical (unpaired) electrons. The fraction of sp³-hybridized carbons (Fsp3) is 0.370. The molecule has 1 saturated carbocycles. The van der Waals surface area contributed by atoms with Crippen molar-refractivity contribution in [3.8, 4) is 0 Å². The standard InChI is InChI=1S/C27H30ClN3O5S2/c1-5-21(30-27-23(28)17(4)31-36-27)38(34,35)20-11-12-37-25(20)26(33)29-19-14-15(2)13-16(3)22(19)24(32)18-9-7-6-8-10-18/h5,11-14,18,21,30H,1,6-10H2,2-4H3,(H,29,33). The number of aromatic nitrogens is 1. The third-order valence-corrected chi connectivity index (χ3v) is 10.1. The van der Waals surface area contributed by atoms with Gasteiger partial charge in [0.25, 0.3) is 5.91 Å². The molecule has 0 spiro atoms. The van der Waals surface area contributed by atoms with E-state index in [4.69, 9.17) is 16.1 Å². The summed E-state index contributed by atoms with van der Waals surface area (Å²) in [6, 6.07) is 5.05. The highest BCUT2D eigenvalue weighted by molar-refractivity contribution is 7.92. The number of ketones is 1. The number of nitrogens with zero attached hydrogens (tertiary/aromatic N) is 1. The third-order valence-electron chi connectivity index (χ3n) is 6.70. The Labute approximate surface area is 231 Å². The van der Waals surface area contributed by atoms with Crippen LogP contribution in [-0.2, 0) is 9.84 Å². The maximum absolute atomic E-state index is 13.5. The Morgan fingerprint density at radius 3 is 2.55 bits per heavy atom. The maximum Gasteiger partial charge on any atom is 0.267 e. The van der Waals surface area contributed by atoms with Crippen LogP contribution >= 0.6 is 22.9 Å². The van der Waals surface area contributed by atoms with Crippen LogP contribution in [0.1, 0.15) is 69.0 Å². The second-order valence-corrected chi connectivity index (χ2v) is 12.9. The van der Waals surface area contributed by atoms with E-state index in [2.05, 4.69) is 22.4 Å². The highest BCUT2D eigenvalue weighted by atomic mass is 35.5. The molecule has 11 heteroatoms. The Morgan fingerprint density at radius 1 is 1.21 bits per heavy atom. The molecule has 1 aliphatic carbocycles. The van der Waals surface area contributed by atoms with Crippen molar-refractivity contribution in [3.05, 3.63) is 68.5 Å². The molecule has 2 aromatic heterocycles. The van der Waals surface area contributed by atoms with Crippen LogP contribution in [0.15, 0.2) is 45.7 Å². The molecule has 202 valence electrons. The molecule has 1 unspecified atom stereocenters. The van der Waals surface area contributed by atoms with E-state index in [0.29, 0.717) is 16.9 Å². The van der Waals surface area contributed by atoms with Gasteiger partial charge in [-0.25, -0.2) is 8.42 Å². The second-order valence-electron chi connectivity index (χ2n) is 9.53. The van der Waals surface area contributed by atoms with Gasteiger partial charge in [-0.3, -0.25) is 9.59 Å². The van der Waals surface area contributed by atoms with Crippen molar-refractivity contribution >= 4 is 56.0 Å². The van der Waals surface area contributed by atoms with E-state index in [0.717, 1.165) is 54.6 Å². The minimum absolute atomic E-state index is 0.00581. The third kappa shape index (κ3) is 5.57. The van der Waals surface area contributed by atoms with Gasteiger partial charge >= 0.3 is 0 Å². The summed E-state index contributed by atoms with van der Waals surface area (Å²) in [7, 11) is -4.13. The summed E-state index contributed by atoms with van der Waals surface area (Å²) in [4.78, 5) is 26.8. The number of hydrogen-bond donors (Lipinski definition) is 2. The van der Waals surface area contributed by atoms with Crippen LogP contribution in [0, 0.1) is 26.7 Å². The number of aryl methyl sites for hydroxylation is 3. The summed E-state index contributed by atoms with van der Waals surface area (Å²) in [6.07, 6.45) is 6.00. The number of carbonyl (C=O) groups is 2. The van der Waals surface area contributed by atoms with Crippen LogP contribution in [0.2, 0.25) is 5.02 Å². The molecule has 0 aliphatic heterocycles. The van der Waals surface area contributed by atoms with Crippen molar-refractivity contribution < 1.29 is 22.5 Å². The first kappa shape index (κ1) is 28.1. The summed E-state index contributed by atoms with van der Waals surface area (Å²) in [5.74, 6) is -0.686. The first-order valence-electron chi connectivity index (χ1n) is 12.3. The zero-order valence-corrected chi connectivity index (χ0v) is 23.9. The van der Waals surface area contributed by atoms with Crippen LogP contribution in [0.3, 0.4) is 0 Å². The van der Waals surface area contributed by atoms with Gasteiger partial charge in [0.05, 0.1) is 10.6 Å². The van der Waals surface area contributed by atoms with Crippen LogP contribution in [-0.4, -0.2) is 30.6 Å². The van der Waals surface area contributed by atoms with Gasteiger partial charge in [0.2, 0.25) is 15.7 Å². The van der Waals surface area contributed by atoms with Gasteiger partial charge in [-0.1, -0.05) is 54.7 Å². The van der Waals surface area contributed by atoms with Crippen molar-refractivity contribution in [2.45, 2.75) is 63.1 Å². The molecule has 1 fully saturated rings. The Morgan fingerprint density at radius 2 is 1.92 bits per heavy atom. The normalized spacial score (nSPS) is 15.2. The van der Waals surface area contributed by atoms with Gasteiger partial charge in [-0.2, -0.15) is 0 Å². The molecule has 4 rings (SSSR count). The van der Waals surface area contributed by atoms with Gasteiger partial charge in [0.15, 0.2) is 11.2 Å². The number of Topliss-reactive ketones (excluding diaryl/α,β-unsaturated/α-hetero) is 1. The Kier molecular flexibility index (Phi) is 8.44. The van der Waals surface area contributed by atoms with E-state index in [-0.39, 0.29) is 32.4 Å². The summed E-state index contributed by atoms with van der Waals surface area (Å²) >= 11 is 7.14. The first-order valence-corrected chi connectivity index (χ1v) is 15.1. The molecule has 8 nitrogen and oxygen atoms in total. The highest BCUT2D eigenvalue weighted by Crippen LogP contribution is 2.34. The fourth-order valence-electron chi connectivity index (χ4n) is 4.81. The van der Waals surface area contributed by atoms with E-state index >= 15 is 0 Å². The van der Waals surface area contributed by atoms with E-state index in [9.17, 15) is 18.0 Å². The summed E-state index contributed by atoms with van der Waals surface area (Å²) in [6.45, 7) is 8.99. The van der Waals surface area contributed by atoms with E-state index in [1.807, 2.05) is 19.9 Å². The average molecular weight is 576 g/mol. The van der Waals surface area contributed by atoms with Gasteiger partial charge < -0.3 is 15.2 Å². The molecule has 38 heavy (non-hydrogen) atoms. The number of hydrogen-bond acceptors (Lipinski definition) is 8. The topological polar surface area (TPSA) is 118 Å². The molecule has 0 saturated heterocycles. The average Bonchev–Trinajstić information content (AvgIpc) is 3.50. The number of benzene rings is 1. The lowest BCUT2D eigenvalue weighted by Gasteiger charge is -2.23. The number of rotatable bonds is 9. The summed E-state index contributed by atoms with van der Waals surface area (Å²) in [5.41, 5.74) is 2.94. The number of sulfone groups is 1. The monoisotopic (exact) mass is 575 g/mol. The number of thiophene rings is 1. The first-order chi connectivity index (χ1) is 18.0. The Hall–Kier alpha value is -2.95. The molecule has 1 atom stereocenters. The van der Waals surface area contributed by atoms with Gasteiger partial charge in [0, 0.05) is 11.5 Å². The van der Waals surface area contributed by atoms with Crippen LogP contribution in [0.5, 0.6) is 0 Å². The number of carbonyl (C=O) groups excluding carboxylic acids is 2. The van der Waals surface area contributed by atoms with Crippen LogP contribution < -0.4 is 10.6 Å². The molecule has 3 aromatic rings. The number of amides is 1. The quantitative estimate of drug-likeness (QED) is 0.214. The van der Waals surface area contributed by atoms with E-state index in [1.165, 1.54) is 17.5 Å². The van der Waals surface area contributed by atoms with Gasteiger partial charge in [-0.05, 0) is 62.3 Å². The van der Waals surface area contributed by atoms with Gasteiger partial charge in [0.1, 0.15) is 15.6 Å². The Bertz CT molecular complexity index is 1490. The molecule has 1 aliphatic rings. The molecular formula is C27H30ClN3O5S2.